The zero-order chi connectivity index (χ0) is 20.9. The summed E-state index contributed by atoms with van der Waals surface area (Å²) in [6.07, 6.45) is 2.49. The number of hydrazine groups is 1. The molecule has 0 fully saturated rings. The molecule has 0 heterocycles. The first-order chi connectivity index (χ1) is 14.1. The van der Waals surface area contributed by atoms with Crippen LogP contribution in [0.3, 0.4) is 0 Å². The lowest BCUT2D eigenvalue weighted by Crippen LogP contribution is -2.53. The zero-order valence-electron chi connectivity index (χ0n) is 16.2. The molecule has 2 rings (SSSR count). The summed E-state index contributed by atoms with van der Waals surface area (Å²) >= 11 is 1.56. The van der Waals surface area contributed by atoms with E-state index in [1.54, 1.807) is 36.0 Å². The van der Waals surface area contributed by atoms with Crippen LogP contribution >= 0.6 is 11.8 Å². The third kappa shape index (κ3) is 8.69. The molecule has 3 N–H and O–H groups in total. The Labute approximate surface area is 174 Å². The van der Waals surface area contributed by atoms with Crippen LogP contribution in [0.4, 0.5) is 0 Å². The van der Waals surface area contributed by atoms with Crippen molar-refractivity contribution < 1.29 is 19.1 Å². The van der Waals surface area contributed by atoms with Gasteiger partial charge in [0.15, 0.2) is 6.61 Å². The summed E-state index contributed by atoms with van der Waals surface area (Å²) in [4.78, 5) is 36.6. The number of para-hydroxylation sites is 1. The predicted octanol–water partition coefficient (Wildman–Crippen LogP) is 1.69. The number of carbonyl (C=O) groups is 3. The van der Waals surface area contributed by atoms with E-state index in [1.165, 1.54) is 0 Å². The molecular weight excluding hydrogens is 390 g/mol. The fourth-order valence-electron chi connectivity index (χ4n) is 2.45. The molecule has 2 aromatic rings. The molecule has 0 bridgehead atoms. The summed E-state index contributed by atoms with van der Waals surface area (Å²) in [7, 11) is 0. The highest BCUT2D eigenvalue weighted by Gasteiger charge is 2.21. The van der Waals surface area contributed by atoms with E-state index in [4.69, 9.17) is 4.74 Å². The molecule has 1 atom stereocenters. The minimum Gasteiger partial charge on any atom is -0.484 e. The quantitative estimate of drug-likeness (QED) is 0.513. The molecule has 1 unspecified atom stereocenters. The number of rotatable bonds is 10. The standard InChI is InChI=1S/C21H25N3O4S/c1-29-13-12-18(22-20(26)15-28-17-10-6-3-7-11-17)21(27)24-23-19(25)14-16-8-4-2-5-9-16/h2-11,18H,12-15H2,1H3,(H,22,26)(H,23,25)(H,24,27). The van der Waals surface area contributed by atoms with Crippen LogP contribution < -0.4 is 20.9 Å². The van der Waals surface area contributed by atoms with Crippen LogP contribution in [0.1, 0.15) is 12.0 Å². The van der Waals surface area contributed by atoms with E-state index < -0.39 is 17.9 Å². The van der Waals surface area contributed by atoms with Gasteiger partial charge in [0.2, 0.25) is 5.91 Å². The molecular formula is C21H25N3O4S. The molecule has 3 amide bonds. The highest BCUT2D eigenvalue weighted by Crippen LogP contribution is 2.08. The molecule has 0 aliphatic rings. The van der Waals surface area contributed by atoms with Crippen molar-refractivity contribution in [3.63, 3.8) is 0 Å². The van der Waals surface area contributed by atoms with Gasteiger partial charge >= 0.3 is 0 Å². The highest BCUT2D eigenvalue weighted by molar-refractivity contribution is 7.98. The lowest BCUT2D eigenvalue weighted by atomic mass is 10.1. The fraction of sp³-hybridized carbons (Fsp3) is 0.286. The normalized spacial score (nSPS) is 11.2. The van der Waals surface area contributed by atoms with Gasteiger partial charge in [0, 0.05) is 0 Å². The van der Waals surface area contributed by atoms with Gasteiger partial charge in [0.25, 0.3) is 11.8 Å². The Balaban J connectivity index is 1.81. The van der Waals surface area contributed by atoms with Crippen LogP contribution in [-0.2, 0) is 20.8 Å². The van der Waals surface area contributed by atoms with E-state index in [1.807, 2.05) is 42.7 Å². The number of thioether (sulfide) groups is 1. The van der Waals surface area contributed by atoms with Crippen LogP contribution in [0.2, 0.25) is 0 Å². The minimum absolute atomic E-state index is 0.147. The second-order valence-corrected chi connectivity index (χ2v) is 7.19. The van der Waals surface area contributed by atoms with Gasteiger partial charge in [-0.15, -0.1) is 0 Å². The van der Waals surface area contributed by atoms with Crippen molar-refractivity contribution in [2.24, 2.45) is 0 Å². The highest BCUT2D eigenvalue weighted by atomic mass is 32.2. The summed E-state index contributed by atoms with van der Waals surface area (Å²) in [6, 6.07) is 17.4. The Morgan fingerprint density at radius 2 is 1.59 bits per heavy atom. The molecule has 0 aromatic heterocycles. The number of ether oxygens (including phenoxy) is 1. The molecule has 2 aromatic carbocycles. The maximum atomic E-state index is 12.4. The Morgan fingerprint density at radius 3 is 2.24 bits per heavy atom. The third-order valence-electron chi connectivity index (χ3n) is 3.91. The number of hydrogen-bond donors (Lipinski definition) is 3. The van der Waals surface area contributed by atoms with Crippen molar-refractivity contribution in [1.82, 2.24) is 16.2 Å². The smallest absolute Gasteiger partial charge is 0.260 e. The fourth-order valence-corrected chi connectivity index (χ4v) is 2.92. The molecule has 0 radical (unpaired) electrons. The van der Waals surface area contributed by atoms with Crippen LogP contribution in [0, 0.1) is 0 Å². The van der Waals surface area contributed by atoms with Crippen molar-refractivity contribution in [3.8, 4) is 5.75 Å². The molecule has 29 heavy (non-hydrogen) atoms. The molecule has 7 nitrogen and oxygen atoms in total. The summed E-state index contributed by atoms with van der Waals surface area (Å²) in [6.45, 7) is -0.201. The Hall–Kier alpha value is -3.00. The monoisotopic (exact) mass is 415 g/mol. The molecule has 0 aliphatic carbocycles. The van der Waals surface area contributed by atoms with Crippen LogP contribution in [0.25, 0.3) is 0 Å². The second kappa shape index (κ2) is 12.5. The van der Waals surface area contributed by atoms with Crippen molar-refractivity contribution in [2.75, 3.05) is 18.6 Å². The van der Waals surface area contributed by atoms with Crippen LogP contribution in [0.15, 0.2) is 60.7 Å². The van der Waals surface area contributed by atoms with E-state index in [-0.39, 0.29) is 18.9 Å². The first-order valence-electron chi connectivity index (χ1n) is 9.17. The summed E-state index contributed by atoms with van der Waals surface area (Å²) in [5, 5.41) is 2.65. The van der Waals surface area contributed by atoms with Gasteiger partial charge < -0.3 is 10.1 Å². The van der Waals surface area contributed by atoms with Crippen molar-refractivity contribution >= 4 is 29.5 Å². The Kier molecular flexibility index (Phi) is 9.57. The van der Waals surface area contributed by atoms with Gasteiger partial charge in [-0.2, -0.15) is 11.8 Å². The Bertz CT molecular complexity index is 787. The van der Waals surface area contributed by atoms with Gasteiger partial charge in [-0.25, -0.2) is 0 Å². The van der Waals surface area contributed by atoms with Gasteiger partial charge in [0.1, 0.15) is 11.8 Å². The van der Waals surface area contributed by atoms with E-state index in [0.717, 1.165) is 5.56 Å². The SMILES string of the molecule is CSCCC(NC(=O)COc1ccccc1)C(=O)NNC(=O)Cc1ccccc1. The van der Waals surface area contributed by atoms with Crippen molar-refractivity contribution in [3.05, 3.63) is 66.2 Å². The molecule has 8 heteroatoms. The number of benzene rings is 2. The first kappa shape index (κ1) is 22.3. The molecule has 0 saturated carbocycles. The van der Waals surface area contributed by atoms with Gasteiger partial charge in [-0.3, -0.25) is 25.2 Å². The molecule has 154 valence electrons. The largest absolute Gasteiger partial charge is 0.484 e. The lowest BCUT2D eigenvalue weighted by Gasteiger charge is -2.18. The van der Waals surface area contributed by atoms with Crippen molar-refractivity contribution in [1.29, 1.82) is 0 Å². The topological polar surface area (TPSA) is 96.5 Å². The summed E-state index contributed by atoms with van der Waals surface area (Å²) in [5.74, 6) is 0.0164. The van der Waals surface area contributed by atoms with Gasteiger partial charge in [-0.05, 0) is 36.1 Å². The molecule has 0 spiro atoms. The van der Waals surface area contributed by atoms with Crippen LogP contribution in [-0.4, -0.2) is 42.4 Å². The van der Waals surface area contributed by atoms with Gasteiger partial charge in [-0.1, -0.05) is 48.5 Å². The maximum Gasteiger partial charge on any atom is 0.260 e. The summed E-state index contributed by atoms with van der Waals surface area (Å²) < 4.78 is 5.40. The Morgan fingerprint density at radius 1 is 0.931 bits per heavy atom. The van der Waals surface area contributed by atoms with Crippen LogP contribution in [0.5, 0.6) is 5.75 Å². The minimum atomic E-state index is -0.772. The number of amides is 3. The molecule has 0 saturated heterocycles. The lowest BCUT2D eigenvalue weighted by molar-refractivity contribution is -0.132. The average Bonchev–Trinajstić information content (AvgIpc) is 2.75. The summed E-state index contributed by atoms with van der Waals surface area (Å²) in [5.41, 5.74) is 5.62. The van der Waals surface area contributed by atoms with E-state index in [9.17, 15) is 14.4 Å². The maximum absolute atomic E-state index is 12.4. The number of carbonyl (C=O) groups excluding carboxylic acids is 3. The van der Waals surface area contributed by atoms with E-state index in [2.05, 4.69) is 16.2 Å². The second-order valence-electron chi connectivity index (χ2n) is 6.20. The predicted molar refractivity (Wildman–Crippen MR) is 113 cm³/mol. The molecule has 0 aliphatic heterocycles. The number of nitrogens with one attached hydrogen (secondary N) is 3. The zero-order valence-corrected chi connectivity index (χ0v) is 17.0. The number of hydrogen-bond acceptors (Lipinski definition) is 5. The van der Waals surface area contributed by atoms with E-state index >= 15 is 0 Å². The van der Waals surface area contributed by atoms with Gasteiger partial charge in [0.05, 0.1) is 6.42 Å². The third-order valence-corrected chi connectivity index (χ3v) is 4.55. The average molecular weight is 416 g/mol. The first-order valence-corrected chi connectivity index (χ1v) is 10.6. The van der Waals surface area contributed by atoms with E-state index in [0.29, 0.717) is 17.9 Å². The van der Waals surface area contributed by atoms with Crippen molar-refractivity contribution in [2.45, 2.75) is 18.9 Å².